The summed E-state index contributed by atoms with van der Waals surface area (Å²) in [7, 11) is 0. The van der Waals surface area contributed by atoms with Crippen molar-refractivity contribution >= 4 is 11.9 Å². The Labute approximate surface area is 189 Å². The molecule has 5 atom stereocenters. The van der Waals surface area contributed by atoms with Crippen LogP contribution in [0.15, 0.2) is 65.0 Å². The lowest BCUT2D eigenvalue weighted by molar-refractivity contribution is -0.138. The standard InChI is InChI=1S/C27H32O5/c1-18-9-12-27(3)22(24(28)29)15-21(32-25(30)20-7-5-4-6-8-20)16-23(27)26(18,2)13-10-19-11-14-31-17-19/h4-8,11,14-15,17-18,21,23H,9-10,12-13,16H2,1-3H3,(H,28,29)/t18-,21+,23-,26-,27-/m1/s1. The number of furan rings is 1. The predicted molar refractivity (Wildman–Crippen MR) is 121 cm³/mol. The summed E-state index contributed by atoms with van der Waals surface area (Å²) >= 11 is 0. The Bertz CT molecular complexity index is 992. The zero-order valence-corrected chi connectivity index (χ0v) is 19.0. The van der Waals surface area contributed by atoms with Crippen molar-refractivity contribution in [3.8, 4) is 0 Å². The first kappa shape index (κ1) is 22.4. The molecular formula is C27H32O5. The summed E-state index contributed by atoms with van der Waals surface area (Å²) in [5.74, 6) is -0.796. The molecule has 0 unspecified atom stereocenters. The van der Waals surface area contributed by atoms with Crippen molar-refractivity contribution in [2.24, 2.45) is 22.7 Å². The van der Waals surface area contributed by atoms with Gasteiger partial charge in [-0.1, -0.05) is 39.0 Å². The van der Waals surface area contributed by atoms with Crippen LogP contribution in [0.5, 0.6) is 0 Å². The summed E-state index contributed by atoms with van der Waals surface area (Å²) in [6.45, 7) is 6.66. The molecule has 0 amide bonds. The van der Waals surface area contributed by atoms with Crippen LogP contribution in [-0.2, 0) is 16.0 Å². The second kappa shape index (κ2) is 8.61. The molecule has 1 saturated carbocycles. The number of hydrogen-bond donors (Lipinski definition) is 1. The largest absolute Gasteiger partial charge is 0.478 e. The van der Waals surface area contributed by atoms with Crippen molar-refractivity contribution in [1.82, 2.24) is 0 Å². The number of carboxylic acid groups (broad SMARTS) is 1. The van der Waals surface area contributed by atoms with Gasteiger partial charge in [-0.2, -0.15) is 0 Å². The molecule has 2 aromatic rings. The maximum Gasteiger partial charge on any atom is 0.338 e. The van der Waals surface area contributed by atoms with Gasteiger partial charge in [0.2, 0.25) is 0 Å². The number of carbonyl (C=O) groups is 2. The van der Waals surface area contributed by atoms with E-state index in [1.807, 2.05) is 12.1 Å². The normalized spacial score (nSPS) is 32.0. The smallest absolute Gasteiger partial charge is 0.338 e. The van der Waals surface area contributed by atoms with E-state index in [0.717, 1.165) is 31.2 Å². The summed E-state index contributed by atoms with van der Waals surface area (Å²) in [6.07, 6.45) is 8.87. The lowest BCUT2D eigenvalue weighted by Gasteiger charge is -2.58. The van der Waals surface area contributed by atoms with Crippen LogP contribution in [-0.4, -0.2) is 23.1 Å². The topological polar surface area (TPSA) is 76.7 Å². The van der Waals surface area contributed by atoms with Crippen LogP contribution in [0.4, 0.5) is 0 Å². The van der Waals surface area contributed by atoms with E-state index in [1.54, 1.807) is 42.9 Å². The fourth-order valence-electron chi connectivity index (χ4n) is 6.07. The van der Waals surface area contributed by atoms with Crippen LogP contribution >= 0.6 is 0 Å². The van der Waals surface area contributed by atoms with E-state index in [-0.39, 0.29) is 11.3 Å². The van der Waals surface area contributed by atoms with Crippen LogP contribution < -0.4 is 0 Å². The summed E-state index contributed by atoms with van der Waals surface area (Å²) in [4.78, 5) is 25.1. The van der Waals surface area contributed by atoms with Gasteiger partial charge in [-0.15, -0.1) is 0 Å². The van der Waals surface area contributed by atoms with Gasteiger partial charge >= 0.3 is 11.9 Å². The van der Waals surface area contributed by atoms with Gasteiger partial charge in [0.05, 0.1) is 18.1 Å². The van der Waals surface area contributed by atoms with Gasteiger partial charge in [-0.25, -0.2) is 9.59 Å². The van der Waals surface area contributed by atoms with E-state index in [0.29, 0.717) is 23.5 Å². The number of aryl methyl sites for hydroxylation is 1. The molecule has 1 N–H and O–H groups in total. The number of carboxylic acids is 1. The average molecular weight is 437 g/mol. The van der Waals surface area contributed by atoms with E-state index < -0.39 is 23.5 Å². The lowest BCUT2D eigenvalue weighted by atomic mass is 9.46. The first-order chi connectivity index (χ1) is 15.2. The molecule has 4 rings (SSSR count). The predicted octanol–water partition coefficient (Wildman–Crippen LogP) is 5.91. The van der Waals surface area contributed by atoms with Crippen molar-refractivity contribution in [1.29, 1.82) is 0 Å². The number of hydrogen-bond acceptors (Lipinski definition) is 4. The van der Waals surface area contributed by atoms with Gasteiger partial charge in [0.15, 0.2) is 0 Å². The molecule has 0 aliphatic heterocycles. The Hall–Kier alpha value is -2.82. The Balaban J connectivity index is 1.65. The second-order valence-corrected chi connectivity index (χ2v) is 9.98. The van der Waals surface area contributed by atoms with Crippen LogP contribution in [0, 0.1) is 22.7 Å². The van der Waals surface area contributed by atoms with Crippen molar-refractivity contribution < 1.29 is 23.8 Å². The molecule has 0 radical (unpaired) electrons. The minimum atomic E-state index is -0.912. The third-order valence-corrected chi connectivity index (χ3v) is 8.25. The fourth-order valence-corrected chi connectivity index (χ4v) is 6.07. The third kappa shape index (κ3) is 4.01. The fraction of sp³-hybridized carbons (Fsp3) is 0.481. The zero-order chi connectivity index (χ0) is 22.9. The Morgan fingerprint density at radius 1 is 1.19 bits per heavy atom. The molecule has 2 aliphatic rings. The van der Waals surface area contributed by atoms with Crippen molar-refractivity contribution in [3.63, 3.8) is 0 Å². The molecule has 170 valence electrons. The molecule has 0 spiro atoms. The number of carbonyl (C=O) groups excluding carboxylic acids is 1. The van der Waals surface area contributed by atoms with Gasteiger partial charge in [0.25, 0.3) is 0 Å². The van der Waals surface area contributed by atoms with Crippen LogP contribution in [0.2, 0.25) is 0 Å². The molecule has 5 nitrogen and oxygen atoms in total. The third-order valence-electron chi connectivity index (χ3n) is 8.25. The Morgan fingerprint density at radius 2 is 1.94 bits per heavy atom. The number of esters is 1. The average Bonchev–Trinajstić information content (AvgIpc) is 3.30. The van der Waals surface area contributed by atoms with Crippen LogP contribution in [0.1, 0.15) is 62.4 Å². The molecule has 1 heterocycles. The maximum atomic E-state index is 12.7. The highest BCUT2D eigenvalue weighted by Crippen LogP contribution is 2.62. The Morgan fingerprint density at radius 3 is 2.59 bits per heavy atom. The number of benzene rings is 1. The number of fused-ring (bicyclic) bond motifs is 1. The zero-order valence-electron chi connectivity index (χ0n) is 19.0. The van der Waals surface area contributed by atoms with Gasteiger partial charge in [0, 0.05) is 11.0 Å². The molecule has 1 aromatic carbocycles. The minimum Gasteiger partial charge on any atom is -0.478 e. The first-order valence-electron chi connectivity index (χ1n) is 11.5. The van der Waals surface area contributed by atoms with Crippen molar-refractivity contribution in [2.45, 2.75) is 59.0 Å². The van der Waals surface area contributed by atoms with Crippen LogP contribution in [0.3, 0.4) is 0 Å². The summed E-state index contributed by atoms with van der Waals surface area (Å²) in [5.41, 5.74) is 1.49. The number of rotatable bonds is 6. The first-order valence-corrected chi connectivity index (χ1v) is 11.5. The number of aliphatic carboxylic acids is 1. The molecule has 0 bridgehead atoms. The second-order valence-electron chi connectivity index (χ2n) is 9.98. The molecule has 32 heavy (non-hydrogen) atoms. The van der Waals surface area contributed by atoms with E-state index in [4.69, 9.17) is 9.15 Å². The Kier molecular flexibility index (Phi) is 6.02. The summed E-state index contributed by atoms with van der Waals surface area (Å²) in [5, 5.41) is 10.1. The van der Waals surface area contributed by atoms with Crippen LogP contribution in [0.25, 0.3) is 0 Å². The van der Waals surface area contributed by atoms with Gasteiger partial charge < -0.3 is 14.3 Å². The van der Waals surface area contributed by atoms with E-state index in [1.165, 1.54) is 0 Å². The summed E-state index contributed by atoms with van der Waals surface area (Å²) in [6, 6.07) is 10.9. The van der Waals surface area contributed by atoms with Gasteiger partial charge in [-0.3, -0.25) is 0 Å². The molecular weight excluding hydrogens is 404 g/mol. The molecule has 5 heteroatoms. The quantitative estimate of drug-likeness (QED) is 0.570. The minimum absolute atomic E-state index is 0.0867. The van der Waals surface area contributed by atoms with Crippen molar-refractivity contribution in [3.05, 3.63) is 71.7 Å². The van der Waals surface area contributed by atoms with Crippen molar-refractivity contribution in [2.75, 3.05) is 0 Å². The molecule has 1 fully saturated rings. The van der Waals surface area contributed by atoms with E-state index in [9.17, 15) is 14.7 Å². The van der Waals surface area contributed by atoms with Gasteiger partial charge in [-0.05, 0) is 79.2 Å². The van der Waals surface area contributed by atoms with Gasteiger partial charge in [0.1, 0.15) is 6.10 Å². The molecule has 2 aliphatic carbocycles. The molecule has 0 saturated heterocycles. The highest BCUT2D eigenvalue weighted by Gasteiger charge is 2.57. The highest BCUT2D eigenvalue weighted by molar-refractivity contribution is 5.90. The molecule has 1 aromatic heterocycles. The highest BCUT2D eigenvalue weighted by atomic mass is 16.5. The summed E-state index contributed by atoms with van der Waals surface area (Å²) < 4.78 is 11.1. The SMILES string of the molecule is C[C@@H]1CC[C@]2(C)C(C(=O)O)=C[C@H](OC(=O)c3ccccc3)C[C@@H]2[C@]1(C)CCc1ccoc1. The number of ether oxygens (including phenoxy) is 1. The monoisotopic (exact) mass is 436 g/mol. The lowest BCUT2D eigenvalue weighted by Crippen LogP contribution is -2.53. The maximum absolute atomic E-state index is 12.7. The van der Waals surface area contributed by atoms with E-state index >= 15 is 0 Å². The van der Waals surface area contributed by atoms with E-state index in [2.05, 4.69) is 20.8 Å².